The fourth-order valence-corrected chi connectivity index (χ4v) is 1.56. The van der Waals surface area contributed by atoms with E-state index in [0.29, 0.717) is 17.3 Å². The predicted molar refractivity (Wildman–Crippen MR) is 63.5 cm³/mol. The first kappa shape index (κ1) is 10.7. The molecular formula is C11H10ClN3O. The molecule has 2 N–H and O–H groups in total. The van der Waals surface area contributed by atoms with Gasteiger partial charge in [-0.25, -0.2) is 4.68 Å². The molecule has 0 bridgehead atoms. The summed E-state index contributed by atoms with van der Waals surface area (Å²) in [6.45, 7) is 0.350. The molecule has 0 aliphatic carbocycles. The third kappa shape index (κ3) is 2.23. The molecule has 2 aromatic rings. The van der Waals surface area contributed by atoms with Gasteiger partial charge in [0.05, 0.1) is 6.54 Å². The fourth-order valence-electron chi connectivity index (χ4n) is 1.38. The van der Waals surface area contributed by atoms with Gasteiger partial charge in [-0.15, -0.1) is 0 Å². The molecule has 1 heterocycles. The molecule has 1 aromatic carbocycles. The number of nitrogens with two attached hydrogens (primary N) is 1. The van der Waals surface area contributed by atoms with E-state index in [1.165, 1.54) is 10.7 Å². The van der Waals surface area contributed by atoms with Gasteiger partial charge >= 0.3 is 0 Å². The Hall–Kier alpha value is -1.81. The summed E-state index contributed by atoms with van der Waals surface area (Å²) in [4.78, 5) is 11.4. The predicted octanol–water partition coefficient (Wildman–Crippen LogP) is 1.53. The van der Waals surface area contributed by atoms with Gasteiger partial charge in [0.2, 0.25) is 0 Å². The van der Waals surface area contributed by atoms with Gasteiger partial charge in [-0.2, -0.15) is 5.10 Å². The molecular weight excluding hydrogens is 226 g/mol. The monoisotopic (exact) mass is 235 g/mol. The van der Waals surface area contributed by atoms with E-state index < -0.39 is 0 Å². The van der Waals surface area contributed by atoms with Gasteiger partial charge < -0.3 is 5.73 Å². The highest BCUT2D eigenvalue weighted by Gasteiger charge is 2.02. The molecule has 2 rings (SSSR count). The van der Waals surface area contributed by atoms with E-state index >= 15 is 0 Å². The zero-order valence-corrected chi connectivity index (χ0v) is 9.19. The highest BCUT2D eigenvalue weighted by atomic mass is 35.5. The first-order chi connectivity index (χ1) is 7.66. The lowest BCUT2D eigenvalue weighted by Gasteiger charge is -2.07. The molecule has 0 radical (unpaired) electrons. The molecule has 0 saturated heterocycles. The standard InChI is InChI=1S/C11H10ClN3O/c12-9-4-3-8(10(13)6-9)7-15-11(16)2-1-5-14-15/h1-6H,7,13H2. The van der Waals surface area contributed by atoms with Crippen LogP contribution in [0.15, 0.2) is 41.3 Å². The van der Waals surface area contributed by atoms with Crippen molar-refractivity contribution in [1.82, 2.24) is 9.78 Å². The summed E-state index contributed by atoms with van der Waals surface area (Å²) >= 11 is 5.79. The first-order valence-electron chi connectivity index (χ1n) is 4.73. The van der Waals surface area contributed by atoms with Gasteiger partial charge in [-0.1, -0.05) is 17.7 Å². The van der Waals surface area contributed by atoms with Crippen LogP contribution < -0.4 is 11.3 Å². The van der Waals surface area contributed by atoms with Gasteiger partial charge in [0.15, 0.2) is 0 Å². The zero-order valence-electron chi connectivity index (χ0n) is 8.43. The van der Waals surface area contributed by atoms with Gasteiger partial charge in [0.1, 0.15) is 0 Å². The van der Waals surface area contributed by atoms with Crippen LogP contribution in [0.3, 0.4) is 0 Å². The summed E-state index contributed by atoms with van der Waals surface area (Å²) in [5.74, 6) is 0. The number of aromatic nitrogens is 2. The van der Waals surface area contributed by atoms with E-state index in [1.54, 1.807) is 30.5 Å². The lowest BCUT2D eigenvalue weighted by molar-refractivity contribution is 0.640. The molecule has 1 aromatic heterocycles. The van der Waals surface area contributed by atoms with Crippen LogP contribution in [0.4, 0.5) is 5.69 Å². The Morgan fingerprint density at radius 3 is 2.88 bits per heavy atom. The van der Waals surface area contributed by atoms with Gasteiger partial charge in [-0.3, -0.25) is 4.79 Å². The first-order valence-corrected chi connectivity index (χ1v) is 5.10. The molecule has 0 aliphatic rings. The smallest absolute Gasteiger partial charge is 0.267 e. The lowest BCUT2D eigenvalue weighted by Crippen LogP contribution is -2.22. The number of rotatable bonds is 2. The largest absolute Gasteiger partial charge is 0.398 e. The highest BCUT2D eigenvalue weighted by Crippen LogP contribution is 2.18. The molecule has 4 nitrogen and oxygen atoms in total. The average molecular weight is 236 g/mol. The summed E-state index contributed by atoms with van der Waals surface area (Å²) in [6.07, 6.45) is 1.56. The van der Waals surface area contributed by atoms with Crippen LogP contribution in [0.5, 0.6) is 0 Å². The van der Waals surface area contributed by atoms with Crippen LogP contribution in [0.2, 0.25) is 5.02 Å². The topological polar surface area (TPSA) is 60.9 Å². The second-order valence-electron chi connectivity index (χ2n) is 3.36. The van der Waals surface area contributed by atoms with E-state index in [2.05, 4.69) is 5.10 Å². The van der Waals surface area contributed by atoms with Gasteiger partial charge in [0, 0.05) is 23.0 Å². The van der Waals surface area contributed by atoms with E-state index in [4.69, 9.17) is 17.3 Å². The van der Waals surface area contributed by atoms with E-state index in [1.807, 2.05) is 0 Å². The van der Waals surface area contributed by atoms with Crippen molar-refractivity contribution >= 4 is 17.3 Å². The van der Waals surface area contributed by atoms with Crippen LogP contribution in [0, 0.1) is 0 Å². The van der Waals surface area contributed by atoms with E-state index in [0.717, 1.165) is 5.56 Å². The minimum atomic E-state index is -0.156. The molecule has 0 aliphatic heterocycles. The van der Waals surface area contributed by atoms with E-state index in [-0.39, 0.29) is 5.56 Å². The summed E-state index contributed by atoms with van der Waals surface area (Å²) in [6, 6.07) is 8.24. The van der Waals surface area contributed by atoms with Crippen LogP contribution >= 0.6 is 11.6 Å². The summed E-state index contributed by atoms with van der Waals surface area (Å²) in [5, 5.41) is 4.53. The summed E-state index contributed by atoms with van der Waals surface area (Å²) < 4.78 is 1.35. The van der Waals surface area contributed by atoms with Crippen molar-refractivity contribution in [3.8, 4) is 0 Å². The van der Waals surface area contributed by atoms with Crippen molar-refractivity contribution in [1.29, 1.82) is 0 Å². The minimum Gasteiger partial charge on any atom is -0.398 e. The Kier molecular flexibility index (Phi) is 2.92. The fraction of sp³-hybridized carbons (Fsp3) is 0.0909. The molecule has 0 spiro atoms. The second-order valence-corrected chi connectivity index (χ2v) is 3.80. The maximum absolute atomic E-state index is 11.4. The summed E-state index contributed by atoms with van der Waals surface area (Å²) in [7, 11) is 0. The zero-order chi connectivity index (χ0) is 11.5. The molecule has 5 heteroatoms. The average Bonchev–Trinajstić information content (AvgIpc) is 2.25. The Labute approximate surface area is 97.3 Å². The Morgan fingerprint density at radius 2 is 2.19 bits per heavy atom. The van der Waals surface area contributed by atoms with Crippen LogP contribution in [-0.4, -0.2) is 9.78 Å². The van der Waals surface area contributed by atoms with Crippen molar-refractivity contribution < 1.29 is 0 Å². The Balaban J connectivity index is 2.35. The third-order valence-corrected chi connectivity index (χ3v) is 2.45. The second kappa shape index (κ2) is 4.37. The van der Waals surface area contributed by atoms with Gasteiger partial charge in [0.25, 0.3) is 5.56 Å². The van der Waals surface area contributed by atoms with Crippen LogP contribution in [0.1, 0.15) is 5.56 Å². The number of hydrogen-bond donors (Lipinski definition) is 1. The number of halogens is 1. The SMILES string of the molecule is Nc1cc(Cl)ccc1Cn1ncccc1=O. The van der Waals surface area contributed by atoms with Crippen molar-refractivity contribution in [2.45, 2.75) is 6.54 Å². The number of benzene rings is 1. The summed E-state index contributed by atoms with van der Waals surface area (Å²) in [5.41, 5.74) is 7.02. The van der Waals surface area contributed by atoms with Crippen molar-refractivity contribution in [3.05, 3.63) is 57.5 Å². The third-order valence-electron chi connectivity index (χ3n) is 2.21. The molecule has 0 fully saturated rings. The molecule has 16 heavy (non-hydrogen) atoms. The van der Waals surface area contributed by atoms with Crippen LogP contribution in [-0.2, 0) is 6.54 Å². The van der Waals surface area contributed by atoms with Crippen molar-refractivity contribution in [2.24, 2.45) is 0 Å². The Morgan fingerprint density at radius 1 is 1.38 bits per heavy atom. The van der Waals surface area contributed by atoms with E-state index in [9.17, 15) is 4.79 Å². The molecule has 0 amide bonds. The maximum atomic E-state index is 11.4. The number of hydrogen-bond acceptors (Lipinski definition) is 3. The van der Waals surface area contributed by atoms with Crippen molar-refractivity contribution in [2.75, 3.05) is 5.73 Å². The molecule has 0 saturated carbocycles. The quantitative estimate of drug-likeness (QED) is 0.803. The molecule has 0 unspecified atom stereocenters. The minimum absolute atomic E-state index is 0.156. The van der Waals surface area contributed by atoms with Gasteiger partial charge in [-0.05, 0) is 23.8 Å². The van der Waals surface area contributed by atoms with Crippen molar-refractivity contribution in [3.63, 3.8) is 0 Å². The normalized spacial score (nSPS) is 10.3. The number of nitrogens with zero attached hydrogens (tertiary/aromatic N) is 2. The number of anilines is 1. The molecule has 0 atom stereocenters. The maximum Gasteiger partial charge on any atom is 0.267 e. The van der Waals surface area contributed by atoms with Crippen LogP contribution in [0.25, 0.3) is 0 Å². The highest BCUT2D eigenvalue weighted by molar-refractivity contribution is 6.30. The lowest BCUT2D eigenvalue weighted by atomic mass is 10.2. The Bertz CT molecular complexity index is 565. The molecule has 82 valence electrons. The number of nitrogen functional groups attached to an aromatic ring is 1.